The summed E-state index contributed by atoms with van der Waals surface area (Å²) < 4.78 is 0. The molecule has 0 heterocycles. The molecule has 0 saturated heterocycles. The second kappa shape index (κ2) is 4.55. The van der Waals surface area contributed by atoms with E-state index in [2.05, 4.69) is 52.1 Å². The van der Waals surface area contributed by atoms with Gasteiger partial charge >= 0.3 is 0 Å². The topological polar surface area (TPSA) is 12.0 Å². The molecule has 0 radical (unpaired) electrons. The summed E-state index contributed by atoms with van der Waals surface area (Å²) in [5, 5.41) is 3.33. The Morgan fingerprint density at radius 3 is 2.27 bits per heavy atom. The lowest BCUT2D eigenvalue weighted by molar-refractivity contribution is 0.536. The summed E-state index contributed by atoms with van der Waals surface area (Å²) in [6, 6.07) is 0.499. The summed E-state index contributed by atoms with van der Waals surface area (Å²) in [6.45, 7) is 12.0. The van der Waals surface area contributed by atoms with Crippen molar-refractivity contribution in [3.63, 3.8) is 0 Å². The van der Waals surface area contributed by atoms with E-state index in [0.717, 1.165) is 6.54 Å². The van der Waals surface area contributed by atoms with Crippen molar-refractivity contribution in [1.29, 1.82) is 0 Å². The summed E-state index contributed by atoms with van der Waals surface area (Å²) in [4.78, 5) is 0. The van der Waals surface area contributed by atoms with Crippen LogP contribution < -0.4 is 5.32 Å². The molecule has 1 heteroatoms. The van der Waals surface area contributed by atoms with Gasteiger partial charge in [-0.1, -0.05) is 39.8 Å². The van der Waals surface area contributed by atoms with Crippen LogP contribution in [0.4, 0.5) is 0 Å². The fraction of sp³-hybridized carbons (Fsp3) is 0.800. The van der Waals surface area contributed by atoms with Gasteiger partial charge in [-0.05, 0) is 18.9 Å². The molecule has 0 aromatic heterocycles. The highest BCUT2D eigenvalue weighted by Gasteiger charge is 2.04. The van der Waals surface area contributed by atoms with Crippen LogP contribution in [0.25, 0.3) is 0 Å². The standard InChI is InChI=1S/C10H21N/c1-6-11-9(2)7-8-10(3,4)5/h7-9,11H,6H2,1-5H3/b8-7+. The molecule has 0 aliphatic carbocycles. The maximum absolute atomic E-state index is 3.33. The van der Waals surface area contributed by atoms with Crippen LogP contribution in [0.1, 0.15) is 34.6 Å². The molecule has 0 saturated carbocycles. The van der Waals surface area contributed by atoms with Gasteiger partial charge in [-0.15, -0.1) is 0 Å². The van der Waals surface area contributed by atoms with Crippen molar-refractivity contribution in [2.75, 3.05) is 6.54 Å². The van der Waals surface area contributed by atoms with E-state index in [-0.39, 0.29) is 0 Å². The molecule has 1 nitrogen and oxygen atoms in total. The lowest BCUT2D eigenvalue weighted by Crippen LogP contribution is -2.23. The van der Waals surface area contributed by atoms with E-state index >= 15 is 0 Å². The first-order chi connectivity index (χ1) is 4.95. The van der Waals surface area contributed by atoms with E-state index in [1.165, 1.54) is 0 Å². The highest BCUT2D eigenvalue weighted by molar-refractivity contribution is 4.97. The first-order valence-corrected chi connectivity index (χ1v) is 4.38. The molecule has 0 aliphatic rings. The lowest BCUT2D eigenvalue weighted by atomic mass is 9.95. The van der Waals surface area contributed by atoms with E-state index in [1.807, 2.05) is 0 Å². The Balaban J connectivity index is 3.73. The largest absolute Gasteiger partial charge is 0.311 e. The molecule has 0 amide bonds. The van der Waals surface area contributed by atoms with Crippen molar-refractivity contribution in [3.05, 3.63) is 12.2 Å². The number of likely N-dealkylation sites (N-methyl/N-ethyl adjacent to an activating group) is 1. The molecule has 0 fully saturated rings. The molecule has 11 heavy (non-hydrogen) atoms. The average Bonchev–Trinajstić information content (AvgIpc) is 1.83. The Hall–Kier alpha value is -0.300. The van der Waals surface area contributed by atoms with Crippen LogP contribution in [0.3, 0.4) is 0 Å². The zero-order chi connectivity index (χ0) is 8.91. The number of hydrogen-bond donors (Lipinski definition) is 1. The molecule has 1 unspecified atom stereocenters. The molecular formula is C10H21N. The van der Waals surface area contributed by atoms with Gasteiger partial charge in [-0.2, -0.15) is 0 Å². The van der Waals surface area contributed by atoms with Crippen LogP contribution in [0, 0.1) is 5.41 Å². The molecule has 1 atom stereocenters. The molecule has 0 rings (SSSR count). The Bertz CT molecular complexity index is 119. The fourth-order valence-corrected chi connectivity index (χ4v) is 0.823. The number of hydrogen-bond acceptors (Lipinski definition) is 1. The van der Waals surface area contributed by atoms with Crippen LogP contribution in [0.2, 0.25) is 0 Å². The minimum absolute atomic E-state index is 0.309. The summed E-state index contributed by atoms with van der Waals surface area (Å²) in [5.74, 6) is 0. The van der Waals surface area contributed by atoms with Crippen LogP contribution in [-0.4, -0.2) is 12.6 Å². The fourth-order valence-electron chi connectivity index (χ4n) is 0.823. The van der Waals surface area contributed by atoms with Crippen LogP contribution >= 0.6 is 0 Å². The molecule has 0 bridgehead atoms. The van der Waals surface area contributed by atoms with Gasteiger partial charge in [-0.25, -0.2) is 0 Å². The minimum Gasteiger partial charge on any atom is -0.311 e. The average molecular weight is 155 g/mol. The van der Waals surface area contributed by atoms with Gasteiger partial charge in [0.15, 0.2) is 0 Å². The quantitative estimate of drug-likeness (QED) is 0.618. The molecule has 0 spiro atoms. The highest BCUT2D eigenvalue weighted by Crippen LogP contribution is 2.14. The Morgan fingerprint density at radius 2 is 1.91 bits per heavy atom. The highest BCUT2D eigenvalue weighted by atomic mass is 14.9. The second-order valence-corrected chi connectivity index (χ2v) is 4.07. The van der Waals surface area contributed by atoms with Crippen molar-refractivity contribution in [1.82, 2.24) is 5.32 Å². The monoisotopic (exact) mass is 155 g/mol. The minimum atomic E-state index is 0.309. The van der Waals surface area contributed by atoms with Gasteiger partial charge in [0.1, 0.15) is 0 Å². The van der Waals surface area contributed by atoms with Crippen molar-refractivity contribution in [2.24, 2.45) is 5.41 Å². The van der Waals surface area contributed by atoms with Crippen LogP contribution in [0.15, 0.2) is 12.2 Å². The smallest absolute Gasteiger partial charge is 0.0221 e. The molecule has 1 N–H and O–H groups in total. The second-order valence-electron chi connectivity index (χ2n) is 4.07. The molecule has 66 valence electrons. The van der Waals surface area contributed by atoms with E-state index in [9.17, 15) is 0 Å². The van der Waals surface area contributed by atoms with E-state index in [0.29, 0.717) is 11.5 Å². The summed E-state index contributed by atoms with van der Waals surface area (Å²) in [6.07, 6.45) is 4.48. The van der Waals surface area contributed by atoms with Crippen LogP contribution in [-0.2, 0) is 0 Å². The Morgan fingerprint density at radius 1 is 1.36 bits per heavy atom. The van der Waals surface area contributed by atoms with Gasteiger partial charge < -0.3 is 5.32 Å². The third kappa shape index (κ3) is 7.60. The maximum atomic E-state index is 3.33. The van der Waals surface area contributed by atoms with Crippen molar-refractivity contribution in [3.8, 4) is 0 Å². The SMILES string of the molecule is CCNC(C)/C=C/C(C)(C)C. The zero-order valence-corrected chi connectivity index (χ0v) is 8.44. The lowest BCUT2D eigenvalue weighted by Gasteiger charge is -2.13. The Labute approximate surface area is 70.9 Å². The van der Waals surface area contributed by atoms with Crippen molar-refractivity contribution >= 4 is 0 Å². The van der Waals surface area contributed by atoms with Crippen molar-refractivity contribution in [2.45, 2.75) is 40.7 Å². The third-order valence-corrected chi connectivity index (χ3v) is 1.41. The van der Waals surface area contributed by atoms with Gasteiger partial charge in [0.25, 0.3) is 0 Å². The summed E-state index contributed by atoms with van der Waals surface area (Å²) in [7, 11) is 0. The first-order valence-electron chi connectivity index (χ1n) is 4.38. The number of nitrogens with one attached hydrogen (secondary N) is 1. The van der Waals surface area contributed by atoms with Crippen LogP contribution in [0.5, 0.6) is 0 Å². The summed E-state index contributed by atoms with van der Waals surface area (Å²) in [5.41, 5.74) is 0.309. The van der Waals surface area contributed by atoms with Gasteiger partial charge in [-0.3, -0.25) is 0 Å². The van der Waals surface area contributed by atoms with E-state index < -0.39 is 0 Å². The van der Waals surface area contributed by atoms with Gasteiger partial charge in [0, 0.05) is 6.04 Å². The van der Waals surface area contributed by atoms with E-state index in [4.69, 9.17) is 0 Å². The predicted molar refractivity (Wildman–Crippen MR) is 51.7 cm³/mol. The molecule has 0 aromatic carbocycles. The predicted octanol–water partition coefficient (Wildman–Crippen LogP) is 2.59. The summed E-state index contributed by atoms with van der Waals surface area (Å²) >= 11 is 0. The van der Waals surface area contributed by atoms with Gasteiger partial charge in [0.05, 0.1) is 0 Å². The van der Waals surface area contributed by atoms with E-state index in [1.54, 1.807) is 0 Å². The molecule has 0 aromatic rings. The van der Waals surface area contributed by atoms with Gasteiger partial charge in [0.2, 0.25) is 0 Å². The normalized spacial score (nSPS) is 15.7. The maximum Gasteiger partial charge on any atom is 0.0221 e. The number of rotatable bonds is 3. The Kier molecular flexibility index (Phi) is 4.43. The van der Waals surface area contributed by atoms with Crippen molar-refractivity contribution < 1.29 is 0 Å². The third-order valence-electron chi connectivity index (χ3n) is 1.41. The zero-order valence-electron chi connectivity index (χ0n) is 8.44. The molecule has 0 aliphatic heterocycles. The molecular weight excluding hydrogens is 134 g/mol. The number of allylic oxidation sites excluding steroid dienone is 1. The first kappa shape index (κ1) is 10.7.